The molecule has 2 rings (SSSR count). The van der Waals surface area contributed by atoms with Crippen molar-refractivity contribution in [1.82, 2.24) is 20.4 Å². The van der Waals surface area contributed by atoms with Gasteiger partial charge in [-0.05, 0) is 25.5 Å². The Morgan fingerprint density at radius 1 is 1.15 bits per heavy atom. The van der Waals surface area contributed by atoms with Crippen molar-refractivity contribution >= 4 is 41.8 Å². The standard InChI is InChI=1S/C18H29N5O3.HI/c1-3-8-20-16(24)7-9-21-18(19-4-2)23-12-10-22(11-13-23)17(25)15-6-5-14-26-15;/h5-6,14H,3-4,7-13H2,1-2H3,(H,19,21)(H,20,24);1H. The summed E-state index contributed by atoms with van der Waals surface area (Å²) in [6, 6.07) is 3.40. The van der Waals surface area contributed by atoms with E-state index < -0.39 is 0 Å². The maximum absolute atomic E-state index is 12.3. The van der Waals surface area contributed by atoms with Crippen LogP contribution in [0.25, 0.3) is 0 Å². The summed E-state index contributed by atoms with van der Waals surface area (Å²) in [4.78, 5) is 32.5. The Kier molecular flexibility index (Phi) is 10.8. The third-order valence-corrected chi connectivity index (χ3v) is 4.11. The maximum atomic E-state index is 12.3. The zero-order chi connectivity index (χ0) is 18.8. The van der Waals surface area contributed by atoms with Crippen LogP contribution in [-0.4, -0.2) is 73.4 Å². The second-order valence-corrected chi connectivity index (χ2v) is 6.09. The fraction of sp³-hybridized carbons (Fsp3) is 0.611. The van der Waals surface area contributed by atoms with Gasteiger partial charge in [0.05, 0.1) is 12.8 Å². The van der Waals surface area contributed by atoms with Crippen LogP contribution in [0.2, 0.25) is 0 Å². The number of nitrogens with one attached hydrogen (secondary N) is 2. The molecule has 0 bridgehead atoms. The number of furan rings is 1. The molecule has 1 aromatic heterocycles. The Bertz CT molecular complexity index is 598. The summed E-state index contributed by atoms with van der Waals surface area (Å²) in [6.07, 6.45) is 2.82. The van der Waals surface area contributed by atoms with Gasteiger partial charge in [0.25, 0.3) is 5.91 Å². The Balaban J connectivity index is 0.00000364. The zero-order valence-corrected chi connectivity index (χ0v) is 18.4. The van der Waals surface area contributed by atoms with Crippen LogP contribution in [0.3, 0.4) is 0 Å². The van der Waals surface area contributed by atoms with Crippen molar-refractivity contribution in [2.45, 2.75) is 26.7 Å². The average Bonchev–Trinajstić information content (AvgIpc) is 3.20. The third-order valence-electron chi connectivity index (χ3n) is 4.11. The molecule has 1 aliphatic rings. The molecular formula is C18H30IN5O3. The van der Waals surface area contributed by atoms with Gasteiger partial charge in [0.1, 0.15) is 0 Å². The number of halogens is 1. The van der Waals surface area contributed by atoms with E-state index in [1.165, 1.54) is 6.26 Å². The Hall–Kier alpha value is -1.78. The predicted molar refractivity (Wildman–Crippen MR) is 115 cm³/mol. The van der Waals surface area contributed by atoms with Crippen molar-refractivity contribution in [3.63, 3.8) is 0 Å². The highest BCUT2D eigenvalue weighted by atomic mass is 127. The number of amides is 2. The van der Waals surface area contributed by atoms with Crippen molar-refractivity contribution in [2.75, 3.05) is 45.8 Å². The molecule has 152 valence electrons. The topological polar surface area (TPSA) is 90.2 Å². The molecule has 0 aromatic carbocycles. The Labute approximate surface area is 177 Å². The molecule has 1 saturated heterocycles. The Morgan fingerprint density at radius 3 is 2.44 bits per heavy atom. The smallest absolute Gasteiger partial charge is 0.289 e. The van der Waals surface area contributed by atoms with Crippen LogP contribution in [0, 0.1) is 0 Å². The first-order valence-electron chi connectivity index (χ1n) is 9.28. The van der Waals surface area contributed by atoms with E-state index in [4.69, 9.17) is 4.42 Å². The predicted octanol–water partition coefficient (Wildman–Crippen LogP) is 1.54. The van der Waals surface area contributed by atoms with E-state index >= 15 is 0 Å². The van der Waals surface area contributed by atoms with Crippen LogP contribution in [0.5, 0.6) is 0 Å². The largest absolute Gasteiger partial charge is 0.459 e. The van der Waals surface area contributed by atoms with E-state index in [0.29, 0.717) is 51.4 Å². The monoisotopic (exact) mass is 491 g/mol. The number of piperazine rings is 1. The van der Waals surface area contributed by atoms with E-state index in [-0.39, 0.29) is 35.8 Å². The molecule has 1 fully saturated rings. The lowest BCUT2D eigenvalue weighted by molar-refractivity contribution is -0.120. The summed E-state index contributed by atoms with van der Waals surface area (Å²) >= 11 is 0. The van der Waals surface area contributed by atoms with Gasteiger partial charge in [0.15, 0.2) is 11.7 Å². The van der Waals surface area contributed by atoms with E-state index in [0.717, 1.165) is 18.9 Å². The molecule has 0 saturated carbocycles. The number of aliphatic imine (C=N–C) groups is 1. The lowest BCUT2D eigenvalue weighted by atomic mass is 10.3. The molecule has 0 spiro atoms. The highest BCUT2D eigenvalue weighted by Gasteiger charge is 2.25. The van der Waals surface area contributed by atoms with Gasteiger partial charge in [-0.2, -0.15) is 0 Å². The van der Waals surface area contributed by atoms with Crippen molar-refractivity contribution < 1.29 is 14.0 Å². The van der Waals surface area contributed by atoms with Crippen LogP contribution in [0.1, 0.15) is 37.2 Å². The molecule has 0 radical (unpaired) electrons. The van der Waals surface area contributed by atoms with E-state index in [2.05, 4.69) is 20.5 Å². The third kappa shape index (κ3) is 7.39. The number of carbonyl (C=O) groups excluding carboxylic acids is 2. The number of carbonyl (C=O) groups is 2. The second kappa shape index (κ2) is 12.6. The molecule has 0 aliphatic carbocycles. The summed E-state index contributed by atoms with van der Waals surface area (Å²) in [5.41, 5.74) is 0. The lowest BCUT2D eigenvalue weighted by Gasteiger charge is -2.36. The first-order chi connectivity index (χ1) is 12.7. The summed E-state index contributed by atoms with van der Waals surface area (Å²) in [6.45, 7) is 8.56. The molecule has 1 aromatic rings. The van der Waals surface area contributed by atoms with Crippen LogP contribution in [0.15, 0.2) is 27.8 Å². The SMILES string of the molecule is CCCNC(=O)CCN=C(NCC)N1CCN(C(=O)c2ccco2)CC1.I. The molecule has 2 N–H and O–H groups in total. The van der Waals surface area contributed by atoms with Crippen molar-refractivity contribution in [2.24, 2.45) is 4.99 Å². The maximum Gasteiger partial charge on any atom is 0.289 e. The van der Waals surface area contributed by atoms with Gasteiger partial charge in [-0.25, -0.2) is 0 Å². The van der Waals surface area contributed by atoms with Crippen LogP contribution < -0.4 is 10.6 Å². The molecule has 0 atom stereocenters. The molecule has 9 heteroatoms. The normalized spacial score (nSPS) is 14.5. The Morgan fingerprint density at radius 2 is 1.85 bits per heavy atom. The van der Waals surface area contributed by atoms with Crippen LogP contribution in [-0.2, 0) is 4.79 Å². The minimum Gasteiger partial charge on any atom is -0.459 e. The highest BCUT2D eigenvalue weighted by molar-refractivity contribution is 14.0. The van der Waals surface area contributed by atoms with Crippen molar-refractivity contribution in [3.8, 4) is 0 Å². The van der Waals surface area contributed by atoms with Crippen LogP contribution >= 0.6 is 24.0 Å². The van der Waals surface area contributed by atoms with Crippen molar-refractivity contribution in [1.29, 1.82) is 0 Å². The van der Waals surface area contributed by atoms with Crippen LogP contribution in [0.4, 0.5) is 0 Å². The van der Waals surface area contributed by atoms with Gasteiger partial charge >= 0.3 is 0 Å². The molecule has 0 unspecified atom stereocenters. The van der Waals surface area contributed by atoms with E-state index in [9.17, 15) is 9.59 Å². The number of hydrogen-bond acceptors (Lipinski definition) is 4. The number of nitrogens with zero attached hydrogens (tertiary/aromatic N) is 3. The first kappa shape index (κ1) is 23.3. The molecule has 27 heavy (non-hydrogen) atoms. The van der Waals surface area contributed by atoms with Gasteiger partial charge in [-0.15, -0.1) is 24.0 Å². The minimum atomic E-state index is -0.0795. The zero-order valence-electron chi connectivity index (χ0n) is 16.1. The van der Waals surface area contributed by atoms with Gasteiger partial charge in [-0.1, -0.05) is 6.92 Å². The summed E-state index contributed by atoms with van der Waals surface area (Å²) < 4.78 is 5.19. The first-order valence-corrected chi connectivity index (χ1v) is 9.28. The highest BCUT2D eigenvalue weighted by Crippen LogP contribution is 2.09. The molecule has 2 heterocycles. The molecule has 8 nitrogen and oxygen atoms in total. The number of hydrogen-bond donors (Lipinski definition) is 2. The quantitative estimate of drug-likeness (QED) is 0.343. The van der Waals surface area contributed by atoms with Gasteiger partial charge in [0.2, 0.25) is 5.91 Å². The average molecular weight is 491 g/mol. The molecule has 2 amide bonds. The minimum absolute atomic E-state index is 0. The van der Waals surface area contributed by atoms with Gasteiger partial charge < -0.3 is 24.9 Å². The summed E-state index contributed by atoms with van der Waals surface area (Å²) in [5.74, 6) is 1.11. The molecule has 1 aliphatic heterocycles. The summed E-state index contributed by atoms with van der Waals surface area (Å²) in [5, 5.41) is 6.12. The van der Waals surface area contributed by atoms with Crippen molar-refractivity contribution in [3.05, 3.63) is 24.2 Å². The molecular weight excluding hydrogens is 461 g/mol. The van der Waals surface area contributed by atoms with Gasteiger partial charge in [-0.3, -0.25) is 14.6 Å². The van der Waals surface area contributed by atoms with E-state index in [1.807, 2.05) is 13.8 Å². The number of rotatable bonds is 7. The fourth-order valence-electron chi connectivity index (χ4n) is 2.72. The number of guanidine groups is 1. The van der Waals surface area contributed by atoms with E-state index in [1.54, 1.807) is 17.0 Å². The second-order valence-electron chi connectivity index (χ2n) is 6.09. The fourth-order valence-corrected chi connectivity index (χ4v) is 2.72. The lowest BCUT2D eigenvalue weighted by Crippen LogP contribution is -2.53. The summed E-state index contributed by atoms with van der Waals surface area (Å²) in [7, 11) is 0. The van der Waals surface area contributed by atoms with Gasteiger partial charge in [0, 0.05) is 45.7 Å².